The third-order valence-corrected chi connectivity index (χ3v) is 2.70. The second kappa shape index (κ2) is 6.06. The van der Waals surface area contributed by atoms with Gasteiger partial charge in [-0.3, -0.25) is 4.79 Å². The number of rotatable bonds is 4. The second-order valence-corrected chi connectivity index (χ2v) is 4.36. The summed E-state index contributed by atoms with van der Waals surface area (Å²) in [6, 6.07) is 8.83. The molecule has 104 valence electrons. The van der Waals surface area contributed by atoms with Crippen molar-refractivity contribution in [3.8, 4) is 5.75 Å². The van der Waals surface area contributed by atoms with Crippen LogP contribution in [0.5, 0.6) is 5.75 Å². The Morgan fingerprint density at radius 3 is 2.80 bits per heavy atom. The summed E-state index contributed by atoms with van der Waals surface area (Å²) in [5, 5.41) is 2.79. The maximum Gasteiger partial charge on any atom is 0.274 e. The minimum atomic E-state index is -0.296. The molecule has 1 heterocycles. The molecule has 3 N–H and O–H groups in total. The molecule has 0 spiro atoms. The number of hydrogen-bond donors (Lipinski definition) is 2. The van der Waals surface area contributed by atoms with Crippen LogP contribution in [-0.4, -0.2) is 17.5 Å². The number of nitrogens with two attached hydrogens (primary N) is 1. The summed E-state index contributed by atoms with van der Waals surface area (Å²) in [7, 11) is 0. The average Bonchev–Trinajstić information content (AvgIpc) is 2.43. The number of aromatic nitrogens is 1. The molecule has 0 radical (unpaired) electrons. The maximum absolute atomic E-state index is 12.1. The minimum Gasteiger partial charge on any atom is -0.492 e. The van der Waals surface area contributed by atoms with Gasteiger partial charge >= 0.3 is 0 Å². The van der Waals surface area contributed by atoms with E-state index < -0.39 is 0 Å². The molecule has 5 heteroatoms. The van der Waals surface area contributed by atoms with Crippen LogP contribution >= 0.6 is 0 Å². The van der Waals surface area contributed by atoms with Crippen LogP contribution in [0.15, 0.2) is 36.5 Å². The van der Waals surface area contributed by atoms with Crippen LogP contribution in [0.2, 0.25) is 0 Å². The molecule has 0 saturated heterocycles. The molecule has 0 unspecified atom stereocenters. The molecule has 20 heavy (non-hydrogen) atoms. The first-order valence-electron chi connectivity index (χ1n) is 6.36. The predicted molar refractivity (Wildman–Crippen MR) is 79.0 cm³/mol. The number of aryl methyl sites for hydroxylation is 1. The number of hydrogen-bond acceptors (Lipinski definition) is 4. The third-order valence-electron chi connectivity index (χ3n) is 2.70. The van der Waals surface area contributed by atoms with E-state index in [-0.39, 0.29) is 5.91 Å². The van der Waals surface area contributed by atoms with Crippen molar-refractivity contribution in [2.24, 2.45) is 0 Å². The van der Waals surface area contributed by atoms with Crippen molar-refractivity contribution in [1.82, 2.24) is 4.98 Å². The third kappa shape index (κ3) is 3.26. The summed E-state index contributed by atoms with van der Waals surface area (Å²) in [4.78, 5) is 16.1. The molecular formula is C15H17N3O2. The Morgan fingerprint density at radius 2 is 2.15 bits per heavy atom. The fourth-order valence-electron chi connectivity index (χ4n) is 1.73. The van der Waals surface area contributed by atoms with Crippen molar-refractivity contribution < 1.29 is 9.53 Å². The Bertz CT molecular complexity index is 609. The SMILES string of the molecule is CCOc1cc(C)ccc1NC(=O)c1ccc(N)cn1. The highest BCUT2D eigenvalue weighted by atomic mass is 16.5. The van der Waals surface area contributed by atoms with Gasteiger partial charge < -0.3 is 15.8 Å². The lowest BCUT2D eigenvalue weighted by atomic mass is 10.2. The second-order valence-electron chi connectivity index (χ2n) is 4.36. The van der Waals surface area contributed by atoms with Gasteiger partial charge in [-0.15, -0.1) is 0 Å². The van der Waals surface area contributed by atoms with Gasteiger partial charge in [0, 0.05) is 0 Å². The molecule has 5 nitrogen and oxygen atoms in total. The van der Waals surface area contributed by atoms with Gasteiger partial charge in [-0.05, 0) is 43.7 Å². The van der Waals surface area contributed by atoms with Crippen LogP contribution in [0, 0.1) is 6.92 Å². The number of carbonyl (C=O) groups excluding carboxylic acids is 1. The first-order chi connectivity index (χ1) is 9.60. The number of pyridine rings is 1. The zero-order valence-corrected chi connectivity index (χ0v) is 11.5. The molecule has 2 rings (SSSR count). The van der Waals surface area contributed by atoms with E-state index in [1.165, 1.54) is 6.20 Å². The van der Waals surface area contributed by atoms with E-state index in [4.69, 9.17) is 10.5 Å². The number of amides is 1. The summed E-state index contributed by atoms with van der Waals surface area (Å²) in [5.41, 5.74) is 8.07. The van der Waals surface area contributed by atoms with Crippen LogP contribution in [0.4, 0.5) is 11.4 Å². The van der Waals surface area contributed by atoms with Gasteiger partial charge in [-0.1, -0.05) is 6.07 Å². The van der Waals surface area contributed by atoms with Crippen LogP contribution < -0.4 is 15.8 Å². The molecule has 1 aromatic heterocycles. The summed E-state index contributed by atoms with van der Waals surface area (Å²) >= 11 is 0. The van der Waals surface area contributed by atoms with E-state index in [1.54, 1.807) is 12.1 Å². The van der Waals surface area contributed by atoms with E-state index in [0.29, 0.717) is 29.4 Å². The van der Waals surface area contributed by atoms with E-state index in [1.807, 2.05) is 32.0 Å². The molecule has 1 amide bonds. The lowest BCUT2D eigenvalue weighted by Gasteiger charge is -2.12. The number of anilines is 2. The van der Waals surface area contributed by atoms with Gasteiger partial charge in [0.25, 0.3) is 5.91 Å². The van der Waals surface area contributed by atoms with Gasteiger partial charge in [0.1, 0.15) is 11.4 Å². The van der Waals surface area contributed by atoms with Crippen LogP contribution in [0.3, 0.4) is 0 Å². The van der Waals surface area contributed by atoms with Gasteiger partial charge in [0.2, 0.25) is 0 Å². The highest BCUT2D eigenvalue weighted by Gasteiger charge is 2.11. The molecule has 0 aliphatic heterocycles. The van der Waals surface area contributed by atoms with Crippen molar-refractivity contribution in [2.75, 3.05) is 17.7 Å². The summed E-state index contributed by atoms with van der Waals surface area (Å²) < 4.78 is 5.52. The fourth-order valence-corrected chi connectivity index (χ4v) is 1.73. The Hall–Kier alpha value is -2.56. The van der Waals surface area contributed by atoms with Gasteiger partial charge in [0.05, 0.1) is 24.2 Å². The Kier molecular flexibility index (Phi) is 4.20. The molecule has 0 atom stereocenters. The highest BCUT2D eigenvalue weighted by molar-refractivity contribution is 6.03. The topological polar surface area (TPSA) is 77.2 Å². The number of benzene rings is 1. The summed E-state index contributed by atoms with van der Waals surface area (Å²) in [6.45, 7) is 4.40. The molecule has 0 fully saturated rings. The molecule has 0 saturated carbocycles. The van der Waals surface area contributed by atoms with Gasteiger partial charge in [0.15, 0.2) is 0 Å². The monoisotopic (exact) mass is 271 g/mol. The van der Waals surface area contributed by atoms with Gasteiger partial charge in [-0.25, -0.2) is 4.98 Å². The lowest BCUT2D eigenvalue weighted by molar-refractivity contribution is 0.102. The molecule has 0 bridgehead atoms. The highest BCUT2D eigenvalue weighted by Crippen LogP contribution is 2.26. The van der Waals surface area contributed by atoms with Crippen LogP contribution in [0.25, 0.3) is 0 Å². The van der Waals surface area contributed by atoms with Crippen molar-refractivity contribution in [1.29, 1.82) is 0 Å². The van der Waals surface area contributed by atoms with Crippen molar-refractivity contribution >= 4 is 17.3 Å². The number of nitrogens with zero attached hydrogens (tertiary/aromatic N) is 1. The zero-order valence-electron chi connectivity index (χ0n) is 11.5. The number of carbonyl (C=O) groups is 1. The predicted octanol–water partition coefficient (Wildman–Crippen LogP) is 2.62. The van der Waals surface area contributed by atoms with Crippen LogP contribution in [-0.2, 0) is 0 Å². The first-order valence-corrected chi connectivity index (χ1v) is 6.36. The average molecular weight is 271 g/mol. The lowest BCUT2D eigenvalue weighted by Crippen LogP contribution is -2.14. The van der Waals surface area contributed by atoms with E-state index in [2.05, 4.69) is 10.3 Å². The van der Waals surface area contributed by atoms with Crippen molar-refractivity contribution in [2.45, 2.75) is 13.8 Å². The normalized spacial score (nSPS) is 10.1. The van der Waals surface area contributed by atoms with Gasteiger partial charge in [-0.2, -0.15) is 0 Å². The number of nitrogen functional groups attached to an aromatic ring is 1. The molecule has 0 aliphatic rings. The first kappa shape index (κ1) is 13.9. The zero-order chi connectivity index (χ0) is 14.5. The minimum absolute atomic E-state index is 0.296. The quantitative estimate of drug-likeness (QED) is 0.896. The maximum atomic E-state index is 12.1. The van der Waals surface area contributed by atoms with E-state index >= 15 is 0 Å². The largest absolute Gasteiger partial charge is 0.492 e. The molecular weight excluding hydrogens is 254 g/mol. The van der Waals surface area contributed by atoms with Crippen LogP contribution in [0.1, 0.15) is 23.0 Å². The summed E-state index contributed by atoms with van der Waals surface area (Å²) in [5.74, 6) is 0.353. The Morgan fingerprint density at radius 1 is 1.35 bits per heavy atom. The molecule has 2 aromatic rings. The molecule has 0 aliphatic carbocycles. The standard InChI is InChI=1S/C15H17N3O2/c1-3-20-14-8-10(2)4-6-12(14)18-15(19)13-7-5-11(16)9-17-13/h4-9H,3,16H2,1-2H3,(H,18,19). The van der Waals surface area contributed by atoms with Crippen molar-refractivity contribution in [3.63, 3.8) is 0 Å². The number of ether oxygens (including phenoxy) is 1. The fraction of sp³-hybridized carbons (Fsp3) is 0.200. The Balaban J connectivity index is 2.21. The molecule has 1 aromatic carbocycles. The van der Waals surface area contributed by atoms with E-state index in [9.17, 15) is 4.79 Å². The van der Waals surface area contributed by atoms with E-state index in [0.717, 1.165) is 5.56 Å². The Labute approximate surface area is 117 Å². The van der Waals surface area contributed by atoms with Crippen molar-refractivity contribution in [3.05, 3.63) is 47.8 Å². The number of nitrogens with one attached hydrogen (secondary N) is 1. The smallest absolute Gasteiger partial charge is 0.274 e. The summed E-state index contributed by atoms with van der Waals surface area (Å²) in [6.07, 6.45) is 1.45.